The molecule has 1 aliphatic rings. The van der Waals surface area contributed by atoms with E-state index in [1.54, 1.807) is 6.08 Å². The average Bonchev–Trinajstić information content (AvgIpc) is 2.21. The van der Waals surface area contributed by atoms with E-state index >= 15 is 0 Å². The summed E-state index contributed by atoms with van der Waals surface area (Å²) < 4.78 is 5.52. The highest BCUT2D eigenvalue weighted by Gasteiger charge is 2.31. The van der Waals surface area contributed by atoms with E-state index in [0.717, 1.165) is 6.42 Å². The fourth-order valence-electron chi connectivity index (χ4n) is 2.45. The van der Waals surface area contributed by atoms with Crippen LogP contribution in [0.5, 0.6) is 0 Å². The number of carbonyl (C=O) groups is 1. The third-order valence-electron chi connectivity index (χ3n) is 3.34. The molecule has 0 radical (unpaired) electrons. The number of hydrogen-bond donors (Lipinski definition) is 0. The Balaban J connectivity index is 2.57. The van der Waals surface area contributed by atoms with Crippen molar-refractivity contribution in [2.45, 2.75) is 52.6 Å². The van der Waals surface area contributed by atoms with Crippen LogP contribution in [0.4, 0.5) is 0 Å². The Labute approximate surface area is 92.7 Å². The van der Waals surface area contributed by atoms with E-state index in [9.17, 15) is 4.79 Å². The lowest BCUT2D eigenvalue weighted by atomic mass is 9.78. The smallest absolute Gasteiger partial charge is 0.330 e. The quantitative estimate of drug-likeness (QED) is 0.527. The highest BCUT2D eigenvalue weighted by molar-refractivity contribution is 5.81. The van der Waals surface area contributed by atoms with E-state index in [4.69, 9.17) is 4.74 Å². The lowest BCUT2D eigenvalue weighted by Gasteiger charge is -2.35. The van der Waals surface area contributed by atoms with E-state index in [0.29, 0.717) is 11.8 Å². The van der Waals surface area contributed by atoms with Crippen LogP contribution in [-0.2, 0) is 9.53 Å². The maximum absolute atomic E-state index is 11.4. The van der Waals surface area contributed by atoms with Gasteiger partial charge in [-0.2, -0.15) is 0 Å². The van der Waals surface area contributed by atoms with Gasteiger partial charge >= 0.3 is 5.97 Å². The largest absolute Gasteiger partial charge is 0.459 e. The van der Waals surface area contributed by atoms with Crippen molar-refractivity contribution < 1.29 is 9.53 Å². The molecule has 15 heavy (non-hydrogen) atoms. The molecule has 0 N–H and O–H groups in total. The van der Waals surface area contributed by atoms with Crippen LogP contribution in [0.15, 0.2) is 12.2 Å². The summed E-state index contributed by atoms with van der Waals surface area (Å²) in [7, 11) is 0. The second-order valence-corrected chi connectivity index (χ2v) is 4.48. The molecule has 1 fully saturated rings. The number of rotatable bonds is 3. The second kappa shape index (κ2) is 5.94. The van der Waals surface area contributed by atoms with Crippen LogP contribution in [-0.4, -0.2) is 12.1 Å². The van der Waals surface area contributed by atoms with Crippen molar-refractivity contribution in [3.05, 3.63) is 12.2 Å². The molecule has 86 valence electrons. The first-order valence-corrected chi connectivity index (χ1v) is 6.02. The first-order valence-electron chi connectivity index (χ1n) is 6.02. The first-order chi connectivity index (χ1) is 7.19. The monoisotopic (exact) mass is 210 g/mol. The number of hydrogen-bond acceptors (Lipinski definition) is 2. The van der Waals surface area contributed by atoms with Gasteiger partial charge in [-0.3, -0.25) is 0 Å². The Kier molecular flexibility index (Phi) is 4.86. The van der Waals surface area contributed by atoms with Gasteiger partial charge < -0.3 is 4.74 Å². The molecule has 1 saturated carbocycles. The van der Waals surface area contributed by atoms with E-state index in [1.807, 2.05) is 6.92 Å². The Morgan fingerprint density at radius 1 is 1.47 bits per heavy atom. The summed E-state index contributed by atoms with van der Waals surface area (Å²) in [6.07, 6.45) is 8.14. The minimum absolute atomic E-state index is 0.132. The minimum Gasteiger partial charge on any atom is -0.459 e. The van der Waals surface area contributed by atoms with Crippen molar-refractivity contribution >= 4 is 5.97 Å². The molecule has 0 unspecified atom stereocenters. The normalized spacial score (nSPS) is 31.8. The van der Waals surface area contributed by atoms with Gasteiger partial charge in [0.25, 0.3) is 0 Å². The Hall–Kier alpha value is -0.790. The topological polar surface area (TPSA) is 26.3 Å². The van der Waals surface area contributed by atoms with E-state index < -0.39 is 0 Å². The van der Waals surface area contributed by atoms with Crippen LogP contribution in [0, 0.1) is 11.8 Å². The summed E-state index contributed by atoms with van der Waals surface area (Å²) >= 11 is 0. The molecule has 0 amide bonds. The van der Waals surface area contributed by atoms with Crippen molar-refractivity contribution in [1.29, 1.82) is 0 Å². The number of ether oxygens (including phenoxy) is 1. The zero-order valence-corrected chi connectivity index (χ0v) is 10.0. The van der Waals surface area contributed by atoms with E-state index in [2.05, 4.69) is 13.8 Å². The van der Waals surface area contributed by atoms with Gasteiger partial charge in [-0.1, -0.05) is 26.3 Å². The van der Waals surface area contributed by atoms with E-state index in [-0.39, 0.29) is 12.1 Å². The maximum Gasteiger partial charge on any atom is 0.330 e. The van der Waals surface area contributed by atoms with Gasteiger partial charge in [0.05, 0.1) is 0 Å². The number of carbonyl (C=O) groups excluding carboxylic acids is 1. The van der Waals surface area contributed by atoms with Crippen molar-refractivity contribution in [2.75, 3.05) is 0 Å². The summed E-state index contributed by atoms with van der Waals surface area (Å²) in [6.45, 7) is 6.21. The molecule has 0 bridgehead atoms. The van der Waals surface area contributed by atoms with Gasteiger partial charge in [0.15, 0.2) is 0 Å². The summed E-state index contributed by atoms with van der Waals surface area (Å²) in [4.78, 5) is 11.4. The van der Waals surface area contributed by atoms with Crippen LogP contribution in [0.2, 0.25) is 0 Å². The Bertz CT molecular complexity index is 233. The van der Waals surface area contributed by atoms with Crippen LogP contribution in [0.1, 0.15) is 46.5 Å². The number of esters is 1. The average molecular weight is 210 g/mol. The lowest BCUT2D eigenvalue weighted by molar-refractivity contribution is -0.151. The molecule has 0 aromatic rings. The molecule has 0 aromatic heterocycles. The van der Waals surface area contributed by atoms with Crippen molar-refractivity contribution in [1.82, 2.24) is 0 Å². The van der Waals surface area contributed by atoms with Gasteiger partial charge in [-0.25, -0.2) is 4.79 Å². The van der Waals surface area contributed by atoms with Crippen LogP contribution < -0.4 is 0 Å². The molecule has 0 heterocycles. The SMILES string of the molecule is C/C=C/C(=O)O[C@H]1[C@@H](CC)CCC[C@H]1C. The van der Waals surface area contributed by atoms with Crippen molar-refractivity contribution in [3.63, 3.8) is 0 Å². The first kappa shape index (κ1) is 12.3. The predicted octanol–water partition coefficient (Wildman–Crippen LogP) is 3.32. The molecule has 2 heteroatoms. The summed E-state index contributed by atoms with van der Waals surface area (Å²) in [6, 6.07) is 0. The second-order valence-electron chi connectivity index (χ2n) is 4.48. The number of allylic oxidation sites excluding steroid dienone is 1. The van der Waals surface area contributed by atoms with Crippen molar-refractivity contribution in [2.24, 2.45) is 11.8 Å². The molecule has 0 saturated heterocycles. The summed E-state index contributed by atoms with van der Waals surface area (Å²) in [5.74, 6) is 0.885. The van der Waals surface area contributed by atoms with E-state index in [1.165, 1.54) is 25.3 Å². The van der Waals surface area contributed by atoms with Gasteiger partial charge in [0, 0.05) is 6.08 Å². The van der Waals surface area contributed by atoms with Crippen LogP contribution >= 0.6 is 0 Å². The molecule has 1 rings (SSSR count). The maximum atomic E-state index is 11.4. The zero-order valence-electron chi connectivity index (χ0n) is 10.0. The van der Waals surface area contributed by atoms with Gasteiger partial charge in [-0.05, 0) is 38.0 Å². The van der Waals surface area contributed by atoms with Gasteiger partial charge in [0.2, 0.25) is 0 Å². The summed E-state index contributed by atoms with van der Waals surface area (Å²) in [5, 5.41) is 0. The lowest BCUT2D eigenvalue weighted by Crippen LogP contribution is -2.35. The van der Waals surface area contributed by atoms with Crippen LogP contribution in [0.25, 0.3) is 0 Å². The highest BCUT2D eigenvalue weighted by atomic mass is 16.5. The Morgan fingerprint density at radius 3 is 2.80 bits per heavy atom. The standard InChI is InChI=1S/C13H22O2/c1-4-7-12(14)15-13-10(3)8-6-9-11(13)5-2/h4,7,10-11,13H,5-6,8-9H2,1-3H3/b7-4+/t10-,11+,13-/m1/s1. The predicted molar refractivity (Wildman–Crippen MR) is 61.5 cm³/mol. The molecule has 0 aliphatic heterocycles. The molecular weight excluding hydrogens is 188 g/mol. The van der Waals surface area contributed by atoms with Crippen LogP contribution in [0.3, 0.4) is 0 Å². The molecule has 0 spiro atoms. The summed E-state index contributed by atoms with van der Waals surface area (Å²) in [5.41, 5.74) is 0. The highest BCUT2D eigenvalue weighted by Crippen LogP contribution is 2.33. The molecule has 3 atom stereocenters. The third-order valence-corrected chi connectivity index (χ3v) is 3.34. The fourth-order valence-corrected chi connectivity index (χ4v) is 2.45. The zero-order chi connectivity index (χ0) is 11.3. The van der Waals surface area contributed by atoms with Crippen molar-refractivity contribution in [3.8, 4) is 0 Å². The molecular formula is C13H22O2. The fraction of sp³-hybridized carbons (Fsp3) is 0.769. The minimum atomic E-state index is -0.185. The molecule has 1 aliphatic carbocycles. The Morgan fingerprint density at radius 2 is 2.20 bits per heavy atom. The third kappa shape index (κ3) is 3.37. The van der Waals surface area contributed by atoms with Gasteiger partial charge in [0.1, 0.15) is 6.10 Å². The molecule has 0 aromatic carbocycles. The van der Waals surface area contributed by atoms with Gasteiger partial charge in [-0.15, -0.1) is 0 Å². The molecule has 2 nitrogen and oxygen atoms in total.